The molecule has 0 bridgehead atoms. The molecule has 0 aromatic heterocycles. The van der Waals surface area contributed by atoms with Gasteiger partial charge in [0.15, 0.2) is 0 Å². The molecule has 2 atom stereocenters. The third-order valence-corrected chi connectivity index (χ3v) is 2.47. The van der Waals surface area contributed by atoms with Gasteiger partial charge in [0.1, 0.15) is 0 Å². The zero-order valence-corrected chi connectivity index (χ0v) is 8.10. The highest BCUT2D eigenvalue weighted by molar-refractivity contribution is 4.95. The minimum absolute atomic E-state index is 0.560. The molecule has 1 aliphatic heterocycles. The zero-order valence-electron chi connectivity index (χ0n) is 8.10. The maximum Gasteiger partial charge on any atom is 0.0510 e. The molecular weight excluding hydrogens is 150 g/mol. The van der Waals surface area contributed by atoms with Crippen LogP contribution in [0.5, 0.6) is 0 Å². The standard InChI is InChI=1S/C10H19NO/c1-8(2)6-10(11-3)9-4-5-12-7-9/h9-11H,1,4-7H2,2-3H3. The largest absolute Gasteiger partial charge is 0.381 e. The minimum Gasteiger partial charge on any atom is -0.381 e. The normalized spacial score (nSPS) is 25.7. The third kappa shape index (κ3) is 2.61. The molecule has 1 saturated heterocycles. The summed E-state index contributed by atoms with van der Waals surface area (Å²) in [5.74, 6) is 0.687. The van der Waals surface area contributed by atoms with E-state index in [1.807, 2.05) is 7.05 Å². The first kappa shape index (κ1) is 9.75. The van der Waals surface area contributed by atoms with E-state index in [9.17, 15) is 0 Å². The van der Waals surface area contributed by atoms with Crippen molar-refractivity contribution in [3.63, 3.8) is 0 Å². The lowest BCUT2D eigenvalue weighted by molar-refractivity contribution is 0.177. The van der Waals surface area contributed by atoms with Crippen LogP contribution in [0.2, 0.25) is 0 Å². The first-order valence-corrected chi connectivity index (χ1v) is 4.63. The molecule has 0 amide bonds. The molecule has 1 aliphatic rings. The van der Waals surface area contributed by atoms with E-state index in [0.29, 0.717) is 12.0 Å². The second-order valence-corrected chi connectivity index (χ2v) is 3.68. The van der Waals surface area contributed by atoms with Gasteiger partial charge in [0.25, 0.3) is 0 Å². The van der Waals surface area contributed by atoms with E-state index >= 15 is 0 Å². The lowest BCUT2D eigenvalue weighted by Gasteiger charge is -2.21. The van der Waals surface area contributed by atoms with Crippen LogP contribution in [0.3, 0.4) is 0 Å². The summed E-state index contributed by atoms with van der Waals surface area (Å²) in [5.41, 5.74) is 1.25. The molecule has 0 saturated carbocycles. The minimum atomic E-state index is 0.560. The predicted octanol–water partition coefficient (Wildman–Crippen LogP) is 1.58. The maximum absolute atomic E-state index is 5.35. The number of hydrogen-bond donors (Lipinski definition) is 1. The highest BCUT2D eigenvalue weighted by Crippen LogP contribution is 2.20. The van der Waals surface area contributed by atoms with Crippen LogP contribution >= 0.6 is 0 Å². The van der Waals surface area contributed by atoms with Crippen LogP contribution in [0.25, 0.3) is 0 Å². The molecule has 1 fully saturated rings. The van der Waals surface area contributed by atoms with Crippen molar-refractivity contribution in [2.75, 3.05) is 20.3 Å². The zero-order chi connectivity index (χ0) is 8.97. The molecule has 70 valence electrons. The number of nitrogens with one attached hydrogen (secondary N) is 1. The first-order chi connectivity index (χ1) is 5.74. The second-order valence-electron chi connectivity index (χ2n) is 3.68. The van der Waals surface area contributed by atoms with Gasteiger partial charge in [0, 0.05) is 18.6 Å². The average Bonchev–Trinajstić information content (AvgIpc) is 2.51. The Labute approximate surface area is 75.0 Å². The molecule has 2 unspecified atom stereocenters. The number of ether oxygens (including phenoxy) is 1. The van der Waals surface area contributed by atoms with Gasteiger partial charge in [-0.15, -0.1) is 6.58 Å². The van der Waals surface area contributed by atoms with Crippen molar-refractivity contribution in [2.45, 2.75) is 25.8 Å². The molecule has 12 heavy (non-hydrogen) atoms. The van der Waals surface area contributed by atoms with Crippen molar-refractivity contribution in [3.8, 4) is 0 Å². The van der Waals surface area contributed by atoms with Crippen molar-refractivity contribution in [3.05, 3.63) is 12.2 Å². The Morgan fingerprint density at radius 2 is 2.50 bits per heavy atom. The number of rotatable bonds is 4. The summed E-state index contributed by atoms with van der Waals surface area (Å²) in [5, 5.41) is 3.33. The fourth-order valence-corrected chi connectivity index (χ4v) is 1.75. The SMILES string of the molecule is C=C(C)CC(NC)C1CCOC1. The fraction of sp³-hybridized carbons (Fsp3) is 0.800. The first-order valence-electron chi connectivity index (χ1n) is 4.63. The van der Waals surface area contributed by atoms with Gasteiger partial charge in [-0.25, -0.2) is 0 Å². The summed E-state index contributed by atoms with van der Waals surface area (Å²) < 4.78 is 5.35. The van der Waals surface area contributed by atoms with E-state index in [-0.39, 0.29) is 0 Å². The van der Waals surface area contributed by atoms with E-state index in [2.05, 4.69) is 18.8 Å². The van der Waals surface area contributed by atoms with Crippen LogP contribution in [-0.4, -0.2) is 26.3 Å². The summed E-state index contributed by atoms with van der Waals surface area (Å²) in [6.45, 7) is 7.86. The second kappa shape index (κ2) is 4.63. The quantitative estimate of drug-likeness (QED) is 0.645. The molecule has 0 aromatic carbocycles. The lowest BCUT2D eigenvalue weighted by atomic mass is 9.94. The van der Waals surface area contributed by atoms with Gasteiger partial charge in [0.05, 0.1) is 6.61 Å². The maximum atomic E-state index is 5.35. The van der Waals surface area contributed by atoms with Crippen LogP contribution in [0.1, 0.15) is 19.8 Å². The Balaban J connectivity index is 2.37. The summed E-state index contributed by atoms with van der Waals surface area (Å²) >= 11 is 0. The van der Waals surface area contributed by atoms with Gasteiger partial charge < -0.3 is 10.1 Å². The molecule has 2 nitrogen and oxygen atoms in total. The van der Waals surface area contributed by atoms with Crippen molar-refractivity contribution >= 4 is 0 Å². The summed E-state index contributed by atoms with van der Waals surface area (Å²) in [4.78, 5) is 0. The van der Waals surface area contributed by atoms with Gasteiger partial charge in [-0.3, -0.25) is 0 Å². The summed E-state index contributed by atoms with van der Waals surface area (Å²) in [6, 6.07) is 0.560. The molecule has 0 aromatic rings. The van der Waals surface area contributed by atoms with Gasteiger partial charge in [0.2, 0.25) is 0 Å². The molecule has 1 N–H and O–H groups in total. The predicted molar refractivity (Wildman–Crippen MR) is 51.2 cm³/mol. The Bertz CT molecular complexity index is 150. The van der Waals surface area contributed by atoms with Gasteiger partial charge in [-0.1, -0.05) is 5.57 Å². The lowest BCUT2D eigenvalue weighted by Crippen LogP contribution is -2.34. The van der Waals surface area contributed by atoms with Crippen LogP contribution in [0.4, 0.5) is 0 Å². The van der Waals surface area contributed by atoms with Crippen LogP contribution < -0.4 is 5.32 Å². The number of hydrogen-bond acceptors (Lipinski definition) is 2. The van der Waals surface area contributed by atoms with Crippen molar-refractivity contribution < 1.29 is 4.74 Å². The van der Waals surface area contributed by atoms with Crippen molar-refractivity contribution in [1.29, 1.82) is 0 Å². The summed E-state index contributed by atoms with van der Waals surface area (Å²) in [6.07, 6.45) is 2.27. The Morgan fingerprint density at radius 1 is 1.75 bits per heavy atom. The average molecular weight is 169 g/mol. The van der Waals surface area contributed by atoms with E-state index in [1.54, 1.807) is 0 Å². The van der Waals surface area contributed by atoms with E-state index in [4.69, 9.17) is 4.74 Å². The Morgan fingerprint density at radius 3 is 2.92 bits per heavy atom. The Hall–Kier alpha value is -0.340. The highest BCUT2D eigenvalue weighted by Gasteiger charge is 2.23. The molecule has 0 radical (unpaired) electrons. The van der Waals surface area contributed by atoms with Gasteiger partial charge in [-0.05, 0) is 26.8 Å². The molecule has 2 heteroatoms. The van der Waals surface area contributed by atoms with Crippen molar-refractivity contribution in [1.82, 2.24) is 5.32 Å². The fourth-order valence-electron chi connectivity index (χ4n) is 1.75. The van der Waals surface area contributed by atoms with Crippen LogP contribution in [-0.2, 0) is 4.74 Å². The van der Waals surface area contributed by atoms with Crippen LogP contribution in [0.15, 0.2) is 12.2 Å². The monoisotopic (exact) mass is 169 g/mol. The molecule has 0 spiro atoms. The molecule has 0 aliphatic carbocycles. The van der Waals surface area contributed by atoms with E-state index in [1.165, 1.54) is 12.0 Å². The molecule has 1 rings (SSSR count). The van der Waals surface area contributed by atoms with E-state index in [0.717, 1.165) is 19.6 Å². The third-order valence-electron chi connectivity index (χ3n) is 2.47. The highest BCUT2D eigenvalue weighted by atomic mass is 16.5. The molecule has 1 heterocycles. The van der Waals surface area contributed by atoms with Crippen molar-refractivity contribution in [2.24, 2.45) is 5.92 Å². The summed E-state index contributed by atoms with van der Waals surface area (Å²) in [7, 11) is 2.02. The van der Waals surface area contributed by atoms with Crippen LogP contribution in [0, 0.1) is 5.92 Å². The van der Waals surface area contributed by atoms with Gasteiger partial charge >= 0.3 is 0 Å². The smallest absolute Gasteiger partial charge is 0.0510 e. The van der Waals surface area contributed by atoms with E-state index < -0.39 is 0 Å². The Kier molecular flexibility index (Phi) is 3.76. The topological polar surface area (TPSA) is 21.3 Å². The molecular formula is C10H19NO. The van der Waals surface area contributed by atoms with Gasteiger partial charge in [-0.2, -0.15) is 0 Å².